The van der Waals surface area contributed by atoms with Crippen LogP contribution < -0.4 is 5.32 Å². The number of rotatable bonds is 5. The minimum Gasteiger partial charge on any atom is -0.355 e. The fraction of sp³-hybridized carbons (Fsp3) is 0.556. The van der Waals surface area contributed by atoms with Crippen LogP contribution in [-0.2, 0) is 26.0 Å². The normalized spacial score (nSPS) is 25.3. The highest BCUT2D eigenvalue weighted by atomic mass is 32.2. The van der Waals surface area contributed by atoms with Crippen LogP contribution in [0.4, 0.5) is 0 Å². The van der Waals surface area contributed by atoms with Gasteiger partial charge in [-0.1, -0.05) is 29.8 Å². The summed E-state index contributed by atoms with van der Waals surface area (Å²) in [6.07, 6.45) is 0.826. The quantitative estimate of drug-likeness (QED) is 0.841. The lowest BCUT2D eigenvalue weighted by Crippen LogP contribution is -2.36. The van der Waals surface area contributed by atoms with Crippen molar-refractivity contribution in [1.82, 2.24) is 10.2 Å². The van der Waals surface area contributed by atoms with Crippen LogP contribution in [0.5, 0.6) is 0 Å². The first-order chi connectivity index (χ1) is 11.8. The molecule has 1 aromatic carbocycles. The highest BCUT2D eigenvalue weighted by Crippen LogP contribution is 2.22. The minimum atomic E-state index is -2.93. The first-order valence-corrected chi connectivity index (χ1v) is 10.5. The van der Waals surface area contributed by atoms with Crippen molar-refractivity contribution in [3.63, 3.8) is 0 Å². The molecule has 2 fully saturated rings. The molecule has 136 valence electrons. The highest BCUT2D eigenvalue weighted by Gasteiger charge is 2.35. The third-order valence-electron chi connectivity index (χ3n) is 4.97. The fourth-order valence-electron chi connectivity index (χ4n) is 3.44. The Morgan fingerprint density at radius 1 is 1.28 bits per heavy atom. The van der Waals surface area contributed by atoms with E-state index in [1.807, 2.05) is 31.2 Å². The van der Waals surface area contributed by atoms with Gasteiger partial charge in [0.1, 0.15) is 0 Å². The van der Waals surface area contributed by atoms with E-state index >= 15 is 0 Å². The molecule has 7 heteroatoms. The second-order valence-corrected chi connectivity index (χ2v) is 9.40. The third-order valence-corrected chi connectivity index (χ3v) is 6.81. The van der Waals surface area contributed by atoms with E-state index in [9.17, 15) is 18.0 Å². The lowest BCUT2D eigenvalue weighted by molar-refractivity contribution is -0.129. The molecule has 1 N–H and O–H groups in total. The molecule has 0 aliphatic carbocycles. The van der Waals surface area contributed by atoms with Gasteiger partial charge in [-0.05, 0) is 24.8 Å². The average molecular weight is 364 g/mol. The number of hydrogen-bond donors (Lipinski definition) is 1. The van der Waals surface area contributed by atoms with Gasteiger partial charge in [-0.25, -0.2) is 8.42 Å². The Balaban J connectivity index is 1.49. The maximum Gasteiger partial charge on any atom is 0.225 e. The first-order valence-electron chi connectivity index (χ1n) is 8.64. The Labute approximate surface area is 148 Å². The molecule has 2 aliphatic heterocycles. The highest BCUT2D eigenvalue weighted by molar-refractivity contribution is 7.91. The van der Waals surface area contributed by atoms with Crippen LogP contribution in [0, 0.1) is 18.8 Å². The number of nitrogens with zero attached hydrogens (tertiary/aromatic N) is 1. The van der Waals surface area contributed by atoms with E-state index < -0.39 is 9.84 Å². The van der Waals surface area contributed by atoms with Gasteiger partial charge >= 0.3 is 0 Å². The third kappa shape index (κ3) is 4.60. The fourth-order valence-corrected chi connectivity index (χ4v) is 5.30. The zero-order valence-electron chi connectivity index (χ0n) is 14.4. The summed E-state index contributed by atoms with van der Waals surface area (Å²) in [5, 5.41) is 2.83. The molecule has 3 rings (SSSR count). The van der Waals surface area contributed by atoms with Gasteiger partial charge in [-0.2, -0.15) is 0 Å². The second-order valence-electron chi connectivity index (χ2n) is 7.18. The number of aryl methyl sites for hydroxylation is 1. The van der Waals surface area contributed by atoms with Gasteiger partial charge in [0, 0.05) is 26.1 Å². The van der Waals surface area contributed by atoms with Gasteiger partial charge in [0.2, 0.25) is 11.8 Å². The molecule has 2 aliphatic rings. The Kier molecular flexibility index (Phi) is 5.13. The van der Waals surface area contributed by atoms with Crippen LogP contribution in [-0.4, -0.2) is 49.7 Å². The number of amides is 2. The molecule has 1 aromatic rings. The molecule has 0 radical (unpaired) electrons. The van der Waals surface area contributed by atoms with E-state index in [0.29, 0.717) is 26.1 Å². The van der Waals surface area contributed by atoms with Crippen molar-refractivity contribution >= 4 is 21.7 Å². The summed E-state index contributed by atoms with van der Waals surface area (Å²) in [6.45, 7) is 3.33. The molecule has 2 saturated heterocycles. The van der Waals surface area contributed by atoms with Crippen molar-refractivity contribution in [2.75, 3.05) is 24.6 Å². The van der Waals surface area contributed by atoms with E-state index in [1.54, 1.807) is 4.90 Å². The molecule has 2 heterocycles. The van der Waals surface area contributed by atoms with Crippen molar-refractivity contribution in [3.8, 4) is 0 Å². The van der Waals surface area contributed by atoms with Gasteiger partial charge in [0.15, 0.2) is 9.84 Å². The molecule has 0 saturated carbocycles. The predicted octanol–water partition coefficient (Wildman–Crippen LogP) is 0.894. The van der Waals surface area contributed by atoms with Gasteiger partial charge < -0.3 is 10.2 Å². The zero-order chi connectivity index (χ0) is 18.0. The van der Waals surface area contributed by atoms with E-state index in [-0.39, 0.29) is 41.6 Å². The average Bonchev–Trinajstić information content (AvgIpc) is 3.10. The smallest absolute Gasteiger partial charge is 0.225 e. The number of carbonyl (C=O) groups is 2. The molecule has 2 unspecified atom stereocenters. The summed E-state index contributed by atoms with van der Waals surface area (Å²) < 4.78 is 22.9. The van der Waals surface area contributed by atoms with Crippen molar-refractivity contribution in [3.05, 3.63) is 35.4 Å². The van der Waals surface area contributed by atoms with Crippen LogP contribution in [0.1, 0.15) is 24.0 Å². The molecule has 6 nitrogen and oxygen atoms in total. The molecule has 0 aromatic heterocycles. The van der Waals surface area contributed by atoms with Gasteiger partial charge in [0.25, 0.3) is 0 Å². The van der Waals surface area contributed by atoms with Crippen LogP contribution in [0.3, 0.4) is 0 Å². The van der Waals surface area contributed by atoms with Crippen LogP contribution >= 0.6 is 0 Å². The topological polar surface area (TPSA) is 83.6 Å². The molecule has 2 amide bonds. The SMILES string of the molecule is Cc1ccc(CN2CC(C(=O)NCC3CCS(=O)(=O)C3)CC2=O)cc1. The van der Waals surface area contributed by atoms with Crippen molar-refractivity contribution in [2.24, 2.45) is 11.8 Å². The summed E-state index contributed by atoms with van der Waals surface area (Å²) in [4.78, 5) is 26.2. The number of hydrogen-bond acceptors (Lipinski definition) is 4. The monoisotopic (exact) mass is 364 g/mol. The predicted molar refractivity (Wildman–Crippen MR) is 94.5 cm³/mol. The molecule has 0 bridgehead atoms. The van der Waals surface area contributed by atoms with Gasteiger partial charge in [-0.3, -0.25) is 9.59 Å². The van der Waals surface area contributed by atoms with Crippen LogP contribution in [0.15, 0.2) is 24.3 Å². The molecule has 2 atom stereocenters. The van der Waals surface area contributed by atoms with Crippen molar-refractivity contribution in [1.29, 1.82) is 0 Å². The summed E-state index contributed by atoms with van der Waals surface area (Å²) in [5.74, 6) is -0.158. The number of likely N-dealkylation sites (tertiary alicyclic amines) is 1. The van der Waals surface area contributed by atoms with Gasteiger partial charge in [0.05, 0.1) is 17.4 Å². The Morgan fingerprint density at radius 3 is 2.64 bits per heavy atom. The second kappa shape index (κ2) is 7.15. The lowest BCUT2D eigenvalue weighted by atomic mass is 10.1. The molecular formula is C18H24N2O4S. The Morgan fingerprint density at radius 2 is 2.00 bits per heavy atom. The molecular weight excluding hydrogens is 340 g/mol. The minimum absolute atomic E-state index is 0.00489. The Hall–Kier alpha value is -1.89. The van der Waals surface area contributed by atoms with Crippen LogP contribution in [0.2, 0.25) is 0 Å². The van der Waals surface area contributed by atoms with Crippen molar-refractivity contribution in [2.45, 2.75) is 26.3 Å². The Bertz CT molecular complexity index is 758. The number of nitrogens with one attached hydrogen (secondary N) is 1. The summed E-state index contributed by atoms with van der Waals surface area (Å²) in [7, 11) is -2.93. The van der Waals surface area contributed by atoms with E-state index in [1.165, 1.54) is 5.56 Å². The van der Waals surface area contributed by atoms with E-state index in [0.717, 1.165) is 5.56 Å². The maximum atomic E-state index is 12.3. The lowest BCUT2D eigenvalue weighted by Gasteiger charge is -2.17. The van der Waals surface area contributed by atoms with Crippen LogP contribution in [0.25, 0.3) is 0 Å². The largest absolute Gasteiger partial charge is 0.355 e. The standard InChI is InChI=1S/C18H24N2O4S/c1-13-2-4-14(5-3-13)10-20-11-16(8-17(20)21)18(22)19-9-15-6-7-25(23,24)12-15/h2-5,15-16H,6-12H2,1H3,(H,19,22). The summed E-state index contributed by atoms with van der Waals surface area (Å²) in [5.41, 5.74) is 2.22. The molecule has 0 spiro atoms. The number of benzene rings is 1. The van der Waals surface area contributed by atoms with E-state index in [2.05, 4.69) is 5.32 Å². The number of sulfone groups is 1. The number of carbonyl (C=O) groups excluding carboxylic acids is 2. The summed E-state index contributed by atoms with van der Waals surface area (Å²) >= 11 is 0. The first kappa shape index (κ1) is 17.9. The van der Waals surface area contributed by atoms with Crippen molar-refractivity contribution < 1.29 is 18.0 Å². The van der Waals surface area contributed by atoms with E-state index in [4.69, 9.17) is 0 Å². The molecule has 25 heavy (non-hydrogen) atoms. The zero-order valence-corrected chi connectivity index (χ0v) is 15.2. The maximum absolute atomic E-state index is 12.3. The van der Waals surface area contributed by atoms with Gasteiger partial charge in [-0.15, -0.1) is 0 Å². The summed E-state index contributed by atoms with van der Waals surface area (Å²) in [6, 6.07) is 8.01.